The van der Waals surface area contributed by atoms with Crippen molar-refractivity contribution in [2.45, 2.75) is 0 Å². The molecule has 2 aromatic heterocycles. The molecule has 0 aliphatic carbocycles. The third-order valence-electron chi connectivity index (χ3n) is 11.5. The van der Waals surface area contributed by atoms with E-state index in [2.05, 4.69) is 208 Å². The van der Waals surface area contributed by atoms with Crippen LogP contribution < -0.4 is 4.90 Å². The van der Waals surface area contributed by atoms with Crippen molar-refractivity contribution in [3.8, 4) is 33.8 Å². The summed E-state index contributed by atoms with van der Waals surface area (Å²) < 4.78 is 23.5. The highest BCUT2D eigenvalue weighted by atomic mass is 15.1. The molecule has 61 heavy (non-hydrogen) atoms. The number of fused-ring (bicyclic) bond motifs is 4. The van der Waals surface area contributed by atoms with Crippen molar-refractivity contribution in [2.24, 2.45) is 0 Å². The number of benzene rings is 9. The van der Waals surface area contributed by atoms with Crippen LogP contribution in [0.3, 0.4) is 0 Å². The van der Waals surface area contributed by atoms with Crippen LogP contribution >= 0.6 is 0 Å². The summed E-state index contributed by atoms with van der Waals surface area (Å²) in [6, 6.07) is 82.2. The molecule has 0 spiro atoms. The molecule has 11 rings (SSSR count). The Morgan fingerprint density at radius 3 is 1.54 bits per heavy atom. The van der Waals surface area contributed by atoms with Crippen LogP contribution in [-0.2, 0) is 0 Å². The van der Waals surface area contributed by atoms with Gasteiger partial charge in [0.25, 0.3) is 0 Å². The molecule has 0 atom stereocenters. The molecule has 0 N–H and O–H groups in total. The quantitative estimate of drug-likeness (QED) is 0.133. The summed E-state index contributed by atoms with van der Waals surface area (Å²) in [5.74, 6) is 0. The maximum atomic E-state index is 9.48. The van der Waals surface area contributed by atoms with Crippen molar-refractivity contribution < 1.29 is 2.74 Å². The molecule has 0 saturated carbocycles. The molecule has 0 fully saturated rings. The number of para-hydroxylation sites is 4. The number of rotatable bonds is 9. The Balaban J connectivity index is 1.01. The topological polar surface area (TPSA) is 13.1 Å². The zero-order valence-electron chi connectivity index (χ0n) is 35.4. The van der Waals surface area contributed by atoms with Gasteiger partial charge in [0.05, 0.1) is 25.0 Å². The van der Waals surface area contributed by atoms with Gasteiger partial charge in [0.2, 0.25) is 0 Å². The molecule has 0 unspecified atom stereocenters. The first-order valence-corrected chi connectivity index (χ1v) is 20.7. The summed E-state index contributed by atoms with van der Waals surface area (Å²) in [6.07, 6.45) is 0. The Labute approximate surface area is 358 Å². The minimum absolute atomic E-state index is 0.159. The van der Waals surface area contributed by atoms with Gasteiger partial charge in [0.15, 0.2) is 0 Å². The van der Waals surface area contributed by atoms with Crippen LogP contribution in [0.4, 0.5) is 17.1 Å². The van der Waals surface area contributed by atoms with Crippen molar-refractivity contribution in [2.75, 3.05) is 4.90 Å². The second-order valence-electron chi connectivity index (χ2n) is 15.2. The van der Waals surface area contributed by atoms with Crippen LogP contribution in [0.25, 0.3) is 78.6 Å². The number of hydrogen-bond donors (Lipinski definition) is 0. The van der Waals surface area contributed by atoms with Gasteiger partial charge in [0.1, 0.15) is 0 Å². The molecule has 0 radical (unpaired) electrons. The van der Waals surface area contributed by atoms with E-state index in [4.69, 9.17) is 0 Å². The monoisotopic (exact) mass is 781 g/mol. The van der Waals surface area contributed by atoms with Crippen molar-refractivity contribution in [3.05, 3.63) is 248 Å². The van der Waals surface area contributed by atoms with Gasteiger partial charge in [-0.15, -0.1) is 0 Å². The van der Waals surface area contributed by atoms with Crippen molar-refractivity contribution in [3.63, 3.8) is 0 Å². The minimum Gasteiger partial charge on any atom is -0.310 e. The zero-order chi connectivity index (χ0) is 42.3. The van der Waals surface area contributed by atoms with E-state index in [1.807, 2.05) is 42.5 Å². The maximum Gasteiger partial charge on any atom is 0.0629 e. The predicted molar refractivity (Wildman–Crippen MR) is 259 cm³/mol. The van der Waals surface area contributed by atoms with E-state index in [1.165, 1.54) is 10.8 Å². The Bertz CT molecular complexity index is 3430. The van der Waals surface area contributed by atoms with Crippen LogP contribution in [0, 0.1) is 0 Å². The van der Waals surface area contributed by atoms with E-state index < -0.39 is 0 Å². The van der Waals surface area contributed by atoms with Gasteiger partial charge in [-0.05, 0) is 101 Å². The lowest BCUT2D eigenvalue weighted by atomic mass is 9.98. The SMILES string of the molecule is [2H]/C(=C(/[2H])c1ccc2c(-c3ccccc3)c(-c3ccccc3)n(-c3ccccc3)c2c1)c1ccc(N(c2ccccc2)c2ccc3c(c2)c2ccccc2n3-c2ccccc2)cc1. The molecular formula is C58H41N3. The van der Waals surface area contributed by atoms with Crippen molar-refractivity contribution in [1.29, 1.82) is 0 Å². The number of hydrogen-bond acceptors (Lipinski definition) is 1. The molecular weight excluding hydrogens is 739 g/mol. The minimum atomic E-state index is 0.159. The van der Waals surface area contributed by atoms with Crippen molar-refractivity contribution in [1.82, 2.24) is 9.13 Å². The lowest BCUT2D eigenvalue weighted by molar-refractivity contribution is 1.13. The molecule has 288 valence electrons. The fourth-order valence-corrected chi connectivity index (χ4v) is 8.80. The lowest BCUT2D eigenvalue weighted by Crippen LogP contribution is -2.09. The van der Waals surface area contributed by atoms with E-state index in [0.717, 1.165) is 72.8 Å². The number of anilines is 3. The van der Waals surface area contributed by atoms with E-state index in [9.17, 15) is 2.74 Å². The molecule has 0 aliphatic rings. The second kappa shape index (κ2) is 15.6. The fourth-order valence-electron chi connectivity index (χ4n) is 8.80. The van der Waals surface area contributed by atoms with Crippen LogP contribution in [0.5, 0.6) is 0 Å². The average Bonchev–Trinajstić information content (AvgIpc) is 3.88. The number of nitrogens with zero attached hydrogens (tertiary/aromatic N) is 3. The molecule has 0 saturated heterocycles. The molecule has 9 aromatic carbocycles. The van der Waals surface area contributed by atoms with E-state index >= 15 is 0 Å². The van der Waals surface area contributed by atoms with Gasteiger partial charge in [-0.25, -0.2) is 0 Å². The van der Waals surface area contributed by atoms with Crippen molar-refractivity contribution >= 4 is 61.9 Å². The summed E-state index contributed by atoms with van der Waals surface area (Å²) in [6.45, 7) is 0. The predicted octanol–water partition coefficient (Wildman–Crippen LogP) is 15.7. The average molecular weight is 782 g/mol. The van der Waals surface area contributed by atoms with Gasteiger partial charge in [0, 0.05) is 50.2 Å². The summed E-state index contributed by atoms with van der Waals surface area (Å²) in [7, 11) is 0. The molecule has 0 aliphatic heterocycles. The highest BCUT2D eigenvalue weighted by Crippen LogP contribution is 2.44. The molecule has 0 bridgehead atoms. The molecule has 0 amide bonds. The van der Waals surface area contributed by atoms with E-state index in [0.29, 0.717) is 11.1 Å². The standard InChI is InChI=1S/C58H41N3/c1-6-18-44(19-7-1)57-52-38-34-43(40-56(52)61(48-26-14-5-15-27-48)58(57)45-20-8-2-9-21-45)31-30-42-32-35-49(36-33-42)59(46-22-10-3-11-23-46)50-37-39-55-53(41-50)51-28-16-17-29-54(51)60(55)47-24-12-4-13-25-47/h1-41H/b31-30+/i30D,31D. The van der Waals surface area contributed by atoms with Crippen LogP contribution in [0.1, 0.15) is 13.9 Å². The Kier molecular flexibility index (Phi) is 8.62. The first-order valence-electron chi connectivity index (χ1n) is 21.7. The Morgan fingerprint density at radius 1 is 0.344 bits per heavy atom. The third-order valence-corrected chi connectivity index (χ3v) is 11.5. The molecule has 3 heteroatoms. The highest BCUT2D eigenvalue weighted by molar-refractivity contribution is 6.11. The van der Waals surface area contributed by atoms with E-state index in [1.54, 1.807) is 0 Å². The molecule has 3 nitrogen and oxygen atoms in total. The van der Waals surface area contributed by atoms with Gasteiger partial charge in [-0.3, -0.25) is 0 Å². The largest absolute Gasteiger partial charge is 0.310 e. The lowest BCUT2D eigenvalue weighted by Gasteiger charge is -2.25. The van der Waals surface area contributed by atoms with Gasteiger partial charge in [-0.1, -0.05) is 170 Å². The van der Waals surface area contributed by atoms with Gasteiger partial charge < -0.3 is 14.0 Å². The fraction of sp³-hybridized carbons (Fsp3) is 0. The first kappa shape index (κ1) is 33.8. The highest BCUT2D eigenvalue weighted by Gasteiger charge is 2.22. The second-order valence-corrected chi connectivity index (χ2v) is 15.2. The molecule has 2 heterocycles. The Morgan fingerprint density at radius 2 is 0.852 bits per heavy atom. The summed E-state index contributed by atoms with van der Waals surface area (Å²) in [5, 5.41) is 3.44. The normalized spacial score (nSPS) is 12.3. The van der Waals surface area contributed by atoms with Crippen LogP contribution in [0.15, 0.2) is 237 Å². The van der Waals surface area contributed by atoms with E-state index in [-0.39, 0.29) is 12.1 Å². The maximum absolute atomic E-state index is 9.48. The molecule has 11 aromatic rings. The number of aromatic nitrogens is 2. The van der Waals surface area contributed by atoms with Crippen LogP contribution in [0.2, 0.25) is 0 Å². The third kappa shape index (κ3) is 6.59. The Hall–Kier alpha value is -8.14. The van der Waals surface area contributed by atoms with Gasteiger partial charge in [-0.2, -0.15) is 0 Å². The zero-order valence-corrected chi connectivity index (χ0v) is 33.4. The summed E-state index contributed by atoms with van der Waals surface area (Å²) >= 11 is 0. The summed E-state index contributed by atoms with van der Waals surface area (Å²) in [5.41, 5.74) is 14.2. The van der Waals surface area contributed by atoms with Gasteiger partial charge >= 0.3 is 0 Å². The summed E-state index contributed by atoms with van der Waals surface area (Å²) in [4.78, 5) is 2.26. The van der Waals surface area contributed by atoms with Crippen LogP contribution in [-0.4, -0.2) is 9.13 Å². The smallest absolute Gasteiger partial charge is 0.0629 e. The first-order chi connectivity index (χ1) is 31.1.